The third-order valence-corrected chi connectivity index (χ3v) is 7.17. The highest BCUT2D eigenvalue weighted by Gasteiger charge is 2.41. The van der Waals surface area contributed by atoms with Gasteiger partial charge in [-0.05, 0) is 49.1 Å². The van der Waals surface area contributed by atoms with Crippen LogP contribution in [0.15, 0.2) is 46.4 Å². The Morgan fingerprint density at radius 2 is 1.81 bits per heavy atom. The number of anilines is 1. The molecule has 7 nitrogen and oxygen atoms in total. The minimum atomic E-state index is -0.348. The summed E-state index contributed by atoms with van der Waals surface area (Å²) in [6.45, 7) is 2.03. The van der Waals surface area contributed by atoms with Gasteiger partial charge in [0.25, 0.3) is 5.56 Å². The Morgan fingerprint density at radius 1 is 1.00 bits per heavy atom. The maximum absolute atomic E-state index is 13.5. The number of rotatable bonds is 4. The van der Waals surface area contributed by atoms with Crippen LogP contribution < -0.4 is 20.3 Å². The SMILES string of the molecule is COc1ccc([C@H]2CC(=O)C3=C(C2)Nc2[nH][nH]c(=O)c2[C@@H]3c2ccc(C)s2)cc1OC. The first-order valence-electron chi connectivity index (χ1n) is 10.1. The van der Waals surface area contributed by atoms with Gasteiger partial charge in [-0.25, -0.2) is 0 Å². The van der Waals surface area contributed by atoms with Crippen molar-refractivity contribution >= 4 is 22.9 Å². The van der Waals surface area contributed by atoms with Crippen LogP contribution in [0.4, 0.5) is 5.82 Å². The molecule has 0 spiro atoms. The van der Waals surface area contributed by atoms with Gasteiger partial charge in [-0.1, -0.05) is 6.07 Å². The number of hydrogen-bond donors (Lipinski definition) is 3. The van der Waals surface area contributed by atoms with Crippen molar-refractivity contribution in [2.75, 3.05) is 19.5 Å². The largest absolute Gasteiger partial charge is 0.493 e. The summed E-state index contributed by atoms with van der Waals surface area (Å²) in [5.74, 6) is 1.67. The van der Waals surface area contributed by atoms with Crippen molar-refractivity contribution in [2.24, 2.45) is 0 Å². The van der Waals surface area contributed by atoms with Crippen molar-refractivity contribution in [3.05, 3.63) is 72.8 Å². The fraction of sp³-hybridized carbons (Fsp3) is 0.304. The van der Waals surface area contributed by atoms with Crippen LogP contribution in [0, 0.1) is 6.92 Å². The molecule has 0 saturated heterocycles. The van der Waals surface area contributed by atoms with E-state index in [-0.39, 0.29) is 23.2 Å². The van der Waals surface area contributed by atoms with E-state index in [2.05, 4.69) is 15.5 Å². The van der Waals surface area contributed by atoms with E-state index in [0.717, 1.165) is 21.0 Å². The van der Waals surface area contributed by atoms with Gasteiger partial charge in [0.15, 0.2) is 17.3 Å². The number of methoxy groups -OCH3 is 2. The van der Waals surface area contributed by atoms with E-state index >= 15 is 0 Å². The van der Waals surface area contributed by atoms with Crippen molar-refractivity contribution in [3.8, 4) is 11.5 Å². The molecule has 3 aromatic rings. The number of H-pyrrole nitrogens is 2. The number of benzene rings is 1. The lowest BCUT2D eigenvalue weighted by Gasteiger charge is -2.34. The summed E-state index contributed by atoms with van der Waals surface area (Å²) in [4.78, 5) is 28.2. The van der Waals surface area contributed by atoms with Crippen LogP contribution >= 0.6 is 11.3 Å². The third kappa shape index (κ3) is 3.18. The predicted octanol–water partition coefficient (Wildman–Crippen LogP) is 4.05. The fourth-order valence-corrected chi connectivity index (χ4v) is 5.65. The molecule has 1 aliphatic carbocycles. The van der Waals surface area contributed by atoms with E-state index in [0.29, 0.717) is 41.3 Å². The first kappa shape index (κ1) is 19.7. The average Bonchev–Trinajstić information content (AvgIpc) is 3.37. The second kappa shape index (κ2) is 7.46. The number of aromatic nitrogens is 2. The number of aromatic amines is 2. The summed E-state index contributed by atoms with van der Waals surface area (Å²) < 4.78 is 10.8. The molecule has 5 rings (SSSR count). The van der Waals surface area contributed by atoms with Crippen LogP contribution in [-0.2, 0) is 4.79 Å². The molecule has 1 aliphatic heterocycles. The molecule has 0 amide bonds. The zero-order valence-electron chi connectivity index (χ0n) is 17.5. The molecule has 0 saturated carbocycles. The van der Waals surface area contributed by atoms with Crippen molar-refractivity contribution < 1.29 is 14.3 Å². The highest BCUT2D eigenvalue weighted by atomic mass is 32.1. The minimum absolute atomic E-state index is 0.0106. The summed E-state index contributed by atoms with van der Waals surface area (Å²) in [5, 5.41) is 8.94. The summed E-state index contributed by atoms with van der Waals surface area (Å²) in [5.41, 5.74) is 2.99. The molecule has 0 radical (unpaired) electrons. The first-order valence-corrected chi connectivity index (χ1v) is 10.9. The molecule has 2 aliphatic rings. The van der Waals surface area contributed by atoms with Crippen molar-refractivity contribution in [2.45, 2.75) is 31.6 Å². The molecule has 0 unspecified atom stereocenters. The molecule has 0 fully saturated rings. The molecule has 2 aromatic heterocycles. The Kier molecular flexibility index (Phi) is 4.74. The van der Waals surface area contributed by atoms with Gasteiger partial charge >= 0.3 is 0 Å². The molecule has 160 valence electrons. The number of fused-ring (bicyclic) bond motifs is 1. The maximum atomic E-state index is 13.5. The number of hydrogen-bond acceptors (Lipinski definition) is 6. The Bertz CT molecular complexity index is 1270. The Labute approximate surface area is 183 Å². The zero-order chi connectivity index (χ0) is 21.7. The number of ketones is 1. The standard InChI is InChI=1S/C23H23N3O4S/c1-11-4-7-18(31-11)20-19-14(24-22-21(20)23(28)26-25-22)8-13(9-15(19)27)12-5-6-16(29-2)17(10-12)30-3/h4-7,10,13,20H,8-9H2,1-3H3,(H3,24,25,26,28)/t13-,20-/m1/s1. The fourth-order valence-electron chi connectivity index (χ4n) is 4.66. The number of nitrogens with one attached hydrogen (secondary N) is 3. The van der Waals surface area contributed by atoms with Gasteiger partial charge in [-0.15, -0.1) is 11.3 Å². The zero-order valence-corrected chi connectivity index (χ0v) is 18.3. The molecule has 8 heteroatoms. The lowest BCUT2D eigenvalue weighted by Crippen LogP contribution is -2.31. The van der Waals surface area contributed by atoms with Gasteiger partial charge in [-0.2, -0.15) is 0 Å². The highest BCUT2D eigenvalue weighted by Crippen LogP contribution is 2.48. The summed E-state index contributed by atoms with van der Waals surface area (Å²) in [6, 6.07) is 9.84. The highest BCUT2D eigenvalue weighted by molar-refractivity contribution is 7.12. The number of carbonyl (C=O) groups excluding carboxylic acids is 1. The first-order chi connectivity index (χ1) is 15.0. The second-order valence-electron chi connectivity index (χ2n) is 7.91. The Morgan fingerprint density at radius 3 is 2.52 bits per heavy atom. The van der Waals surface area contributed by atoms with Gasteiger partial charge in [0.05, 0.1) is 25.7 Å². The summed E-state index contributed by atoms with van der Waals surface area (Å²) >= 11 is 1.62. The van der Waals surface area contributed by atoms with Crippen LogP contribution in [0.5, 0.6) is 11.5 Å². The normalized spacial score (nSPS) is 20.2. The minimum Gasteiger partial charge on any atom is -0.493 e. The topological polar surface area (TPSA) is 96.2 Å². The number of Topliss-reactive ketones (excluding diaryl/α,β-unsaturated/α-hetero) is 1. The Balaban J connectivity index is 1.58. The van der Waals surface area contributed by atoms with Crippen molar-refractivity contribution in [1.29, 1.82) is 0 Å². The molecule has 3 N–H and O–H groups in total. The molecule has 3 heterocycles. The number of aryl methyl sites for hydroxylation is 1. The molecule has 1 aromatic carbocycles. The van der Waals surface area contributed by atoms with E-state index < -0.39 is 0 Å². The van der Waals surface area contributed by atoms with Gasteiger partial charge < -0.3 is 14.8 Å². The number of allylic oxidation sites excluding steroid dienone is 2. The number of ether oxygens (including phenoxy) is 2. The lowest BCUT2D eigenvalue weighted by atomic mass is 9.74. The molecule has 0 bridgehead atoms. The number of carbonyl (C=O) groups is 1. The van der Waals surface area contributed by atoms with Crippen LogP contribution in [0.2, 0.25) is 0 Å². The van der Waals surface area contributed by atoms with E-state index in [1.54, 1.807) is 25.6 Å². The lowest BCUT2D eigenvalue weighted by molar-refractivity contribution is -0.116. The molecular weight excluding hydrogens is 414 g/mol. The maximum Gasteiger partial charge on any atom is 0.270 e. The summed E-state index contributed by atoms with van der Waals surface area (Å²) in [7, 11) is 3.21. The molecule has 31 heavy (non-hydrogen) atoms. The van der Waals surface area contributed by atoms with Crippen LogP contribution in [0.3, 0.4) is 0 Å². The van der Waals surface area contributed by atoms with E-state index in [1.165, 1.54) is 0 Å². The second-order valence-corrected chi connectivity index (χ2v) is 9.23. The van der Waals surface area contributed by atoms with Crippen molar-refractivity contribution in [1.82, 2.24) is 10.2 Å². The van der Waals surface area contributed by atoms with Crippen LogP contribution in [0.25, 0.3) is 0 Å². The number of thiophene rings is 1. The monoisotopic (exact) mass is 437 g/mol. The average molecular weight is 438 g/mol. The predicted molar refractivity (Wildman–Crippen MR) is 119 cm³/mol. The molecule has 2 atom stereocenters. The quantitative estimate of drug-likeness (QED) is 0.572. The third-order valence-electron chi connectivity index (χ3n) is 6.10. The Hall–Kier alpha value is -3.26. The van der Waals surface area contributed by atoms with Gasteiger partial charge in [0.1, 0.15) is 5.82 Å². The van der Waals surface area contributed by atoms with Crippen LogP contribution in [-0.4, -0.2) is 30.2 Å². The smallest absolute Gasteiger partial charge is 0.270 e. The van der Waals surface area contributed by atoms with Gasteiger partial charge in [-0.3, -0.25) is 19.8 Å². The van der Waals surface area contributed by atoms with Gasteiger partial charge in [0.2, 0.25) is 0 Å². The van der Waals surface area contributed by atoms with Crippen LogP contribution in [0.1, 0.15) is 45.6 Å². The molecular formula is C23H23N3O4S. The van der Waals surface area contributed by atoms with E-state index in [4.69, 9.17) is 9.47 Å². The van der Waals surface area contributed by atoms with E-state index in [1.807, 2.05) is 37.3 Å². The van der Waals surface area contributed by atoms with E-state index in [9.17, 15) is 9.59 Å². The van der Waals surface area contributed by atoms with Gasteiger partial charge in [0, 0.05) is 27.4 Å². The van der Waals surface area contributed by atoms with Crippen molar-refractivity contribution in [3.63, 3.8) is 0 Å². The summed E-state index contributed by atoms with van der Waals surface area (Å²) in [6.07, 6.45) is 1.05.